The Morgan fingerprint density at radius 1 is 1.06 bits per heavy atom. The van der Waals surface area contributed by atoms with Gasteiger partial charge in [0.25, 0.3) is 0 Å². The summed E-state index contributed by atoms with van der Waals surface area (Å²) in [6.45, 7) is 3.97. The number of nitrogens with zero attached hydrogens (tertiary/aromatic N) is 4. The van der Waals surface area contributed by atoms with E-state index in [0.29, 0.717) is 30.8 Å². The summed E-state index contributed by atoms with van der Waals surface area (Å²) in [6, 6.07) is 11.7. The van der Waals surface area contributed by atoms with Gasteiger partial charge in [-0.2, -0.15) is 0 Å². The molecule has 0 bridgehead atoms. The molecule has 31 heavy (non-hydrogen) atoms. The Bertz CT molecular complexity index is 1310. The van der Waals surface area contributed by atoms with Crippen LogP contribution in [0.15, 0.2) is 59.7 Å². The Balaban J connectivity index is 1.44. The number of amides is 1. The SMILES string of the molecule is Cc1cc(C)cc(NC(=O)CCCc2nnc3c(=O)n(-c4cccc(F)c4)ccn23)c1. The van der Waals surface area contributed by atoms with Crippen molar-refractivity contribution in [2.45, 2.75) is 33.1 Å². The Labute approximate surface area is 178 Å². The minimum atomic E-state index is -0.425. The van der Waals surface area contributed by atoms with Gasteiger partial charge in [0, 0.05) is 30.9 Å². The van der Waals surface area contributed by atoms with Crippen LogP contribution in [0.25, 0.3) is 11.3 Å². The molecule has 2 aromatic heterocycles. The van der Waals surface area contributed by atoms with E-state index in [1.54, 1.807) is 28.9 Å². The number of nitrogens with one attached hydrogen (secondary N) is 1. The summed E-state index contributed by atoms with van der Waals surface area (Å²) in [5.41, 5.74) is 3.15. The van der Waals surface area contributed by atoms with Gasteiger partial charge in [0.15, 0.2) is 0 Å². The summed E-state index contributed by atoms with van der Waals surface area (Å²) in [6.07, 6.45) is 4.60. The minimum absolute atomic E-state index is 0.0766. The van der Waals surface area contributed by atoms with Gasteiger partial charge in [-0.25, -0.2) is 4.39 Å². The lowest BCUT2D eigenvalue weighted by atomic mass is 10.1. The van der Waals surface area contributed by atoms with Crippen LogP contribution in [-0.2, 0) is 11.2 Å². The maximum absolute atomic E-state index is 13.5. The first-order valence-corrected chi connectivity index (χ1v) is 10.00. The summed E-state index contributed by atoms with van der Waals surface area (Å²) in [7, 11) is 0. The second kappa shape index (κ2) is 8.51. The van der Waals surface area contributed by atoms with Gasteiger partial charge in [-0.05, 0) is 61.7 Å². The van der Waals surface area contributed by atoms with Crippen LogP contribution in [-0.4, -0.2) is 25.1 Å². The Morgan fingerprint density at radius 3 is 2.58 bits per heavy atom. The monoisotopic (exact) mass is 419 g/mol. The number of carbonyl (C=O) groups excluding carboxylic acids is 1. The van der Waals surface area contributed by atoms with Gasteiger partial charge < -0.3 is 5.32 Å². The van der Waals surface area contributed by atoms with Crippen molar-refractivity contribution in [3.8, 4) is 5.69 Å². The van der Waals surface area contributed by atoms with Crippen LogP contribution >= 0.6 is 0 Å². The highest BCUT2D eigenvalue weighted by atomic mass is 19.1. The molecule has 4 aromatic rings. The van der Waals surface area contributed by atoms with Gasteiger partial charge >= 0.3 is 5.56 Å². The lowest BCUT2D eigenvalue weighted by Crippen LogP contribution is -2.20. The maximum Gasteiger partial charge on any atom is 0.300 e. The highest BCUT2D eigenvalue weighted by molar-refractivity contribution is 5.90. The van der Waals surface area contributed by atoms with E-state index >= 15 is 0 Å². The molecule has 0 radical (unpaired) electrons. The zero-order valence-electron chi connectivity index (χ0n) is 17.3. The zero-order chi connectivity index (χ0) is 22.0. The normalized spacial score (nSPS) is 11.1. The number of aryl methyl sites for hydroxylation is 3. The number of fused-ring (bicyclic) bond motifs is 1. The van der Waals surface area contributed by atoms with Gasteiger partial charge in [0.05, 0.1) is 5.69 Å². The van der Waals surface area contributed by atoms with E-state index in [2.05, 4.69) is 15.5 Å². The second-order valence-electron chi connectivity index (χ2n) is 7.54. The number of anilines is 1. The molecule has 0 atom stereocenters. The number of hydrogen-bond donors (Lipinski definition) is 1. The molecule has 0 aliphatic heterocycles. The quantitative estimate of drug-likeness (QED) is 0.518. The third-order valence-corrected chi connectivity index (χ3v) is 4.94. The van der Waals surface area contributed by atoms with Crippen molar-refractivity contribution in [3.63, 3.8) is 0 Å². The third kappa shape index (κ3) is 4.53. The molecular weight excluding hydrogens is 397 g/mol. The molecule has 4 rings (SSSR count). The van der Waals surface area contributed by atoms with E-state index in [1.165, 1.54) is 16.7 Å². The molecule has 0 unspecified atom stereocenters. The van der Waals surface area contributed by atoms with Crippen molar-refractivity contribution >= 4 is 17.2 Å². The minimum Gasteiger partial charge on any atom is -0.326 e. The van der Waals surface area contributed by atoms with Crippen molar-refractivity contribution in [3.05, 3.63) is 88.0 Å². The van der Waals surface area contributed by atoms with Crippen LogP contribution in [0.2, 0.25) is 0 Å². The molecule has 0 aliphatic carbocycles. The number of benzene rings is 2. The molecule has 2 heterocycles. The lowest BCUT2D eigenvalue weighted by Gasteiger charge is -2.08. The van der Waals surface area contributed by atoms with Crippen molar-refractivity contribution in [1.82, 2.24) is 19.2 Å². The van der Waals surface area contributed by atoms with E-state index in [4.69, 9.17) is 0 Å². The number of rotatable bonds is 6. The summed E-state index contributed by atoms with van der Waals surface area (Å²) in [5.74, 6) is 0.0931. The number of carbonyl (C=O) groups is 1. The topological polar surface area (TPSA) is 81.3 Å². The molecule has 1 N–H and O–H groups in total. The standard InChI is InChI=1S/C23H22FN5O2/c1-15-11-16(2)13-18(12-15)25-21(30)8-4-7-20-26-27-22-23(31)28(9-10-29(20)22)19-6-3-5-17(24)14-19/h3,5-6,9-14H,4,7-8H2,1-2H3,(H,25,30). The first-order valence-electron chi connectivity index (χ1n) is 10.00. The molecule has 2 aromatic carbocycles. The third-order valence-electron chi connectivity index (χ3n) is 4.94. The van der Waals surface area contributed by atoms with E-state index < -0.39 is 5.82 Å². The Morgan fingerprint density at radius 2 is 1.84 bits per heavy atom. The molecule has 7 nitrogen and oxygen atoms in total. The molecule has 0 aliphatic rings. The van der Waals surface area contributed by atoms with Gasteiger partial charge in [0.2, 0.25) is 11.6 Å². The predicted octanol–water partition coefficient (Wildman–Crippen LogP) is 3.60. The van der Waals surface area contributed by atoms with Crippen LogP contribution in [0.4, 0.5) is 10.1 Å². The van der Waals surface area contributed by atoms with Crippen LogP contribution in [0.5, 0.6) is 0 Å². The second-order valence-corrected chi connectivity index (χ2v) is 7.54. The van der Waals surface area contributed by atoms with Crippen molar-refractivity contribution < 1.29 is 9.18 Å². The smallest absolute Gasteiger partial charge is 0.300 e. The van der Waals surface area contributed by atoms with E-state index in [1.807, 2.05) is 32.0 Å². The Kier molecular flexibility index (Phi) is 5.62. The lowest BCUT2D eigenvalue weighted by molar-refractivity contribution is -0.116. The molecule has 0 saturated carbocycles. The van der Waals surface area contributed by atoms with Gasteiger partial charge in [-0.1, -0.05) is 12.1 Å². The predicted molar refractivity (Wildman–Crippen MR) is 116 cm³/mol. The van der Waals surface area contributed by atoms with Crippen LogP contribution < -0.4 is 10.9 Å². The van der Waals surface area contributed by atoms with Crippen LogP contribution in [0.1, 0.15) is 29.8 Å². The van der Waals surface area contributed by atoms with Crippen molar-refractivity contribution in [2.24, 2.45) is 0 Å². The first kappa shape index (κ1) is 20.5. The molecular formula is C23H22FN5O2. The molecule has 158 valence electrons. The number of halogens is 1. The summed E-state index contributed by atoms with van der Waals surface area (Å²) in [5, 5.41) is 11.0. The Hall–Kier alpha value is -3.81. The molecule has 0 saturated heterocycles. The molecule has 1 amide bonds. The average Bonchev–Trinajstić information content (AvgIpc) is 3.11. The van der Waals surface area contributed by atoms with E-state index in [0.717, 1.165) is 16.8 Å². The highest BCUT2D eigenvalue weighted by Gasteiger charge is 2.12. The summed E-state index contributed by atoms with van der Waals surface area (Å²) in [4.78, 5) is 25.0. The molecule has 8 heteroatoms. The average molecular weight is 419 g/mol. The fraction of sp³-hybridized carbons (Fsp3) is 0.217. The van der Waals surface area contributed by atoms with Crippen LogP contribution in [0.3, 0.4) is 0 Å². The fourth-order valence-electron chi connectivity index (χ4n) is 3.61. The number of hydrogen-bond acceptors (Lipinski definition) is 4. The van der Waals surface area contributed by atoms with Crippen molar-refractivity contribution in [1.29, 1.82) is 0 Å². The number of aromatic nitrogens is 4. The summed E-state index contributed by atoms with van der Waals surface area (Å²) >= 11 is 0. The zero-order valence-corrected chi connectivity index (χ0v) is 17.3. The van der Waals surface area contributed by atoms with E-state index in [9.17, 15) is 14.0 Å². The van der Waals surface area contributed by atoms with Gasteiger partial charge in [0.1, 0.15) is 11.6 Å². The van der Waals surface area contributed by atoms with Crippen LogP contribution in [0, 0.1) is 19.7 Å². The molecule has 0 spiro atoms. The van der Waals surface area contributed by atoms with E-state index in [-0.39, 0.29) is 17.1 Å². The highest BCUT2D eigenvalue weighted by Crippen LogP contribution is 2.15. The van der Waals surface area contributed by atoms with Gasteiger partial charge in [-0.3, -0.25) is 18.6 Å². The summed E-state index contributed by atoms with van der Waals surface area (Å²) < 4.78 is 16.4. The maximum atomic E-state index is 13.5. The van der Waals surface area contributed by atoms with Gasteiger partial charge in [-0.15, -0.1) is 10.2 Å². The first-order chi connectivity index (χ1) is 14.9. The fourth-order valence-corrected chi connectivity index (χ4v) is 3.61. The van der Waals surface area contributed by atoms with Crippen molar-refractivity contribution in [2.75, 3.05) is 5.32 Å². The molecule has 0 fully saturated rings. The largest absolute Gasteiger partial charge is 0.326 e.